The Labute approximate surface area is 132 Å². The second kappa shape index (κ2) is 5.76. The lowest BCUT2D eigenvalue weighted by atomic mass is 9.97. The summed E-state index contributed by atoms with van der Waals surface area (Å²) < 4.78 is 1.07. The van der Waals surface area contributed by atoms with Gasteiger partial charge in [0.15, 0.2) is 0 Å². The number of nitrogens with zero attached hydrogens (tertiary/aromatic N) is 1. The minimum atomic E-state index is 0.826. The van der Waals surface area contributed by atoms with Gasteiger partial charge in [-0.05, 0) is 47.4 Å². The van der Waals surface area contributed by atoms with E-state index in [2.05, 4.69) is 33.0 Å². The predicted octanol–water partition coefficient (Wildman–Crippen LogP) is 4.24. The smallest absolute Gasteiger partial charge is 0.0451 e. The number of rotatable bonds is 2. The maximum absolute atomic E-state index is 6.27. The van der Waals surface area contributed by atoms with E-state index in [1.807, 2.05) is 24.3 Å². The van der Waals surface area contributed by atoms with Crippen molar-refractivity contribution in [3.63, 3.8) is 0 Å². The van der Waals surface area contributed by atoms with Crippen LogP contribution >= 0.6 is 27.5 Å². The van der Waals surface area contributed by atoms with Crippen LogP contribution in [0.5, 0.6) is 0 Å². The van der Waals surface area contributed by atoms with Crippen LogP contribution in [0.2, 0.25) is 5.02 Å². The van der Waals surface area contributed by atoms with Crippen molar-refractivity contribution in [2.75, 3.05) is 12.3 Å². The zero-order valence-corrected chi connectivity index (χ0v) is 13.4. The molecule has 1 aliphatic rings. The molecule has 20 heavy (non-hydrogen) atoms. The maximum atomic E-state index is 6.27. The summed E-state index contributed by atoms with van der Waals surface area (Å²) >= 11 is 9.78. The van der Waals surface area contributed by atoms with Crippen LogP contribution in [0.15, 0.2) is 40.9 Å². The Kier molecular flexibility index (Phi) is 4.01. The number of fused-ring (bicyclic) bond motifs is 1. The summed E-state index contributed by atoms with van der Waals surface area (Å²) in [5.74, 6) is 0. The number of halogens is 2. The van der Waals surface area contributed by atoms with E-state index < -0.39 is 0 Å². The van der Waals surface area contributed by atoms with Gasteiger partial charge in [0, 0.05) is 34.8 Å². The van der Waals surface area contributed by atoms with E-state index in [1.54, 1.807) is 0 Å². The fourth-order valence-electron chi connectivity index (χ4n) is 2.74. The Morgan fingerprint density at radius 2 is 2.10 bits per heavy atom. The molecule has 4 heteroatoms. The van der Waals surface area contributed by atoms with Crippen LogP contribution < -0.4 is 5.73 Å². The van der Waals surface area contributed by atoms with Crippen molar-refractivity contribution in [2.45, 2.75) is 19.5 Å². The second-order valence-electron chi connectivity index (χ2n) is 5.18. The molecule has 2 nitrogen and oxygen atoms in total. The Balaban J connectivity index is 1.79. The highest BCUT2D eigenvalue weighted by molar-refractivity contribution is 9.10. The predicted molar refractivity (Wildman–Crippen MR) is 87.8 cm³/mol. The molecule has 0 unspecified atom stereocenters. The van der Waals surface area contributed by atoms with Crippen molar-refractivity contribution >= 4 is 33.2 Å². The number of benzene rings is 2. The number of nitrogens with two attached hydrogens (primary N) is 1. The standard InChI is InChI=1S/C16H16BrClN2/c17-13-4-5-15(18)12(8-13)10-20-7-6-14-11(9-20)2-1-3-16(14)19/h1-5,8H,6-7,9-10,19H2. The molecule has 0 spiro atoms. The molecule has 0 fully saturated rings. The van der Waals surface area contributed by atoms with Crippen molar-refractivity contribution in [3.8, 4) is 0 Å². The van der Waals surface area contributed by atoms with Crippen molar-refractivity contribution in [1.82, 2.24) is 4.90 Å². The summed E-state index contributed by atoms with van der Waals surface area (Å²) in [6.07, 6.45) is 1.01. The first kappa shape index (κ1) is 13.9. The molecule has 0 bridgehead atoms. The lowest BCUT2D eigenvalue weighted by Gasteiger charge is -2.29. The summed E-state index contributed by atoms with van der Waals surface area (Å²) in [6, 6.07) is 12.2. The van der Waals surface area contributed by atoms with Crippen molar-refractivity contribution in [2.24, 2.45) is 0 Å². The SMILES string of the molecule is Nc1cccc2c1CCN(Cc1cc(Br)ccc1Cl)C2. The van der Waals surface area contributed by atoms with Gasteiger partial charge in [0.25, 0.3) is 0 Å². The van der Waals surface area contributed by atoms with Gasteiger partial charge in [0.2, 0.25) is 0 Å². The largest absolute Gasteiger partial charge is 0.398 e. The molecular weight excluding hydrogens is 336 g/mol. The zero-order valence-electron chi connectivity index (χ0n) is 11.1. The van der Waals surface area contributed by atoms with Crippen LogP contribution in [0.4, 0.5) is 5.69 Å². The monoisotopic (exact) mass is 350 g/mol. The lowest BCUT2D eigenvalue weighted by molar-refractivity contribution is 0.246. The lowest BCUT2D eigenvalue weighted by Crippen LogP contribution is -2.30. The zero-order chi connectivity index (χ0) is 14.1. The van der Waals surface area contributed by atoms with E-state index in [1.165, 1.54) is 11.1 Å². The van der Waals surface area contributed by atoms with Gasteiger partial charge in [-0.2, -0.15) is 0 Å². The van der Waals surface area contributed by atoms with E-state index in [0.29, 0.717) is 0 Å². The molecule has 2 N–H and O–H groups in total. The molecule has 0 saturated carbocycles. The minimum absolute atomic E-state index is 0.826. The number of hydrogen-bond acceptors (Lipinski definition) is 2. The van der Waals surface area contributed by atoms with Crippen LogP contribution in [0.3, 0.4) is 0 Å². The van der Waals surface area contributed by atoms with Crippen molar-refractivity contribution < 1.29 is 0 Å². The van der Waals surface area contributed by atoms with Crippen molar-refractivity contribution in [1.29, 1.82) is 0 Å². The van der Waals surface area contributed by atoms with Gasteiger partial charge >= 0.3 is 0 Å². The topological polar surface area (TPSA) is 29.3 Å². The first-order chi connectivity index (χ1) is 9.63. The Hall–Kier alpha value is -1.03. The third kappa shape index (κ3) is 2.85. The van der Waals surface area contributed by atoms with Gasteiger partial charge in [-0.25, -0.2) is 0 Å². The van der Waals surface area contributed by atoms with Crippen molar-refractivity contribution in [3.05, 3.63) is 62.6 Å². The first-order valence-electron chi connectivity index (χ1n) is 6.66. The summed E-state index contributed by atoms with van der Waals surface area (Å²) in [5, 5.41) is 0.826. The summed E-state index contributed by atoms with van der Waals surface area (Å²) in [6.45, 7) is 2.82. The summed E-state index contributed by atoms with van der Waals surface area (Å²) in [4.78, 5) is 2.41. The van der Waals surface area contributed by atoms with Gasteiger partial charge in [-0.1, -0.05) is 39.7 Å². The van der Waals surface area contributed by atoms with E-state index in [4.69, 9.17) is 17.3 Å². The normalized spacial score (nSPS) is 15.1. The first-order valence-corrected chi connectivity index (χ1v) is 7.83. The molecule has 0 aromatic heterocycles. The molecule has 0 radical (unpaired) electrons. The van der Waals surface area contributed by atoms with Crippen LogP contribution in [-0.2, 0) is 19.5 Å². The third-order valence-electron chi connectivity index (χ3n) is 3.78. The average Bonchev–Trinajstić information content (AvgIpc) is 2.43. The molecular formula is C16H16BrClN2. The van der Waals surface area contributed by atoms with Crippen LogP contribution in [0, 0.1) is 0 Å². The molecule has 2 aromatic rings. The molecule has 3 rings (SSSR count). The molecule has 0 aliphatic carbocycles. The fourth-order valence-corrected chi connectivity index (χ4v) is 3.32. The van der Waals surface area contributed by atoms with Gasteiger partial charge in [0.1, 0.15) is 0 Å². The Bertz CT molecular complexity index is 642. The highest BCUT2D eigenvalue weighted by Crippen LogP contribution is 2.27. The van der Waals surface area contributed by atoms with E-state index in [-0.39, 0.29) is 0 Å². The molecule has 0 amide bonds. The van der Waals surface area contributed by atoms with Crippen LogP contribution in [-0.4, -0.2) is 11.4 Å². The van der Waals surface area contributed by atoms with E-state index in [9.17, 15) is 0 Å². The van der Waals surface area contributed by atoms with E-state index in [0.717, 1.165) is 46.8 Å². The average molecular weight is 352 g/mol. The summed E-state index contributed by atoms with van der Waals surface area (Å²) in [5.41, 5.74) is 10.8. The molecule has 0 saturated heterocycles. The summed E-state index contributed by atoms with van der Waals surface area (Å²) in [7, 11) is 0. The van der Waals surface area contributed by atoms with Gasteiger partial charge < -0.3 is 5.73 Å². The number of anilines is 1. The molecule has 2 aromatic carbocycles. The van der Waals surface area contributed by atoms with E-state index >= 15 is 0 Å². The molecule has 0 atom stereocenters. The minimum Gasteiger partial charge on any atom is -0.398 e. The quantitative estimate of drug-likeness (QED) is 0.820. The highest BCUT2D eigenvalue weighted by atomic mass is 79.9. The van der Waals surface area contributed by atoms with Crippen LogP contribution in [0.1, 0.15) is 16.7 Å². The fraction of sp³-hybridized carbons (Fsp3) is 0.250. The number of nitrogen functional groups attached to an aromatic ring is 1. The highest BCUT2D eigenvalue weighted by Gasteiger charge is 2.18. The van der Waals surface area contributed by atoms with Gasteiger partial charge in [-0.3, -0.25) is 4.90 Å². The third-order valence-corrected chi connectivity index (χ3v) is 4.64. The second-order valence-corrected chi connectivity index (χ2v) is 6.50. The molecule has 1 heterocycles. The Morgan fingerprint density at radius 3 is 2.95 bits per heavy atom. The van der Waals surface area contributed by atoms with Gasteiger partial charge in [-0.15, -0.1) is 0 Å². The van der Waals surface area contributed by atoms with Crippen LogP contribution in [0.25, 0.3) is 0 Å². The van der Waals surface area contributed by atoms with Gasteiger partial charge in [0.05, 0.1) is 0 Å². The maximum Gasteiger partial charge on any atom is 0.0451 e. The molecule has 1 aliphatic heterocycles. The molecule has 104 valence electrons. The number of hydrogen-bond donors (Lipinski definition) is 1. The Morgan fingerprint density at radius 1 is 1.25 bits per heavy atom.